The van der Waals surface area contributed by atoms with Crippen molar-refractivity contribution in [3.05, 3.63) is 76.1 Å². The number of rotatable bonds is 3. The zero-order valence-electron chi connectivity index (χ0n) is 15.1. The summed E-state index contributed by atoms with van der Waals surface area (Å²) in [6, 6.07) is 13.7. The van der Waals surface area contributed by atoms with Gasteiger partial charge in [0.05, 0.1) is 4.90 Å². The Morgan fingerprint density at radius 3 is 2.61 bits per heavy atom. The molecule has 144 valence electrons. The molecular weight excluding hydrogens is 380 g/mol. The van der Waals surface area contributed by atoms with Crippen LogP contribution in [-0.2, 0) is 27.8 Å². The van der Waals surface area contributed by atoms with Crippen LogP contribution in [0.5, 0.6) is 0 Å². The molecule has 0 bridgehead atoms. The first kappa shape index (κ1) is 18.4. The van der Waals surface area contributed by atoms with E-state index in [1.54, 1.807) is 0 Å². The van der Waals surface area contributed by atoms with Crippen LogP contribution < -0.4 is 10.9 Å². The zero-order valence-corrected chi connectivity index (χ0v) is 15.9. The maximum atomic E-state index is 13.4. The van der Waals surface area contributed by atoms with Crippen molar-refractivity contribution in [1.29, 1.82) is 0 Å². The molecule has 8 heteroatoms. The van der Waals surface area contributed by atoms with Gasteiger partial charge >= 0.3 is 5.63 Å². The molecule has 7 nitrogen and oxygen atoms in total. The Morgan fingerprint density at radius 1 is 1.11 bits per heavy atom. The summed E-state index contributed by atoms with van der Waals surface area (Å²) in [5, 5.41) is 3.06. The second kappa shape index (κ2) is 6.88. The zero-order chi connectivity index (χ0) is 19.9. The SMILES string of the molecule is CNC(=O)C1Cc2ccccc2CN1S(=O)(=O)c1ccc2oc(=O)ccc2c1. The fourth-order valence-corrected chi connectivity index (χ4v) is 5.09. The molecule has 1 N–H and O–H groups in total. The highest BCUT2D eigenvalue weighted by Crippen LogP contribution is 2.30. The van der Waals surface area contributed by atoms with E-state index in [4.69, 9.17) is 4.42 Å². The molecule has 1 aliphatic rings. The number of likely N-dealkylation sites (N-methyl/N-ethyl adjacent to an activating group) is 1. The molecule has 0 saturated carbocycles. The number of fused-ring (bicyclic) bond motifs is 2. The highest BCUT2D eigenvalue weighted by Gasteiger charge is 2.39. The molecule has 0 saturated heterocycles. The van der Waals surface area contributed by atoms with Gasteiger partial charge in [0.15, 0.2) is 0 Å². The average Bonchev–Trinajstić information content (AvgIpc) is 2.71. The number of hydrogen-bond donors (Lipinski definition) is 1. The molecular formula is C20H18N2O5S. The molecule has 4 rings (SSSR count). The third-order valence-corrected chi connectivity index (χ3v) is 6.80. The second-order valence-electron chi connectivity index (χ2n) is 6.61. The molecule has 28 heavy (non-hydrogen) atoms. The van der Waals surface area contributed by atoms with Crippen LogP contribution in [0.15, 0.2) is 68.7 Å². The van der Waals surface area contributed by atoms with E-state index in [0.29, 0.717) is 17.4 Å². The van der Waals surface area contributed by atoms with Gasteiger partial charge in [-0.05, 0) is 41.8 Å². The van der Waals surface area contributed by atoms with E-state index in [1.807, 2.05) is 24.3 Å². The van der Waals surface area contributed by atoms with E-state index in [1.165, 1.54) is 41.7 Å². The number of hydrogen-bond acceptors (Lipinski definition) is 5. The molecule has 0 spiro atoms. The standard InChI is InChI=1S/C20H18N2O5S/c1-21-20(24)17-11-13-4-2-3-5-15(13)12-22(17)28(25,26)16-7-8-18-14(10-16)6-9-19(23)27-18/h2-10,17H,11-12H2,1H3,(H,21,24). The summed E-state index contributed by atoms with van der Waals surface area (Å²) in [7, 11) is -2.47. The first-order valence-electron chi connectivity index (χ1n) is 8.74. The van der Waals surface area contributed by atoms with E-state index in [0.717, 1.165) is 11.1 Å². The van der Waals surface area contributed by atoms with Gasteiger partial charge in [0, 0.05) is 25.0 Å². The minimum atomic E-state index is -3.96. The van der Waals surface area contributed by atoms with Crippen molar-refractivity contribution < 1.29 is 17.6 Å². The van der Waals surface area contributed by atoms with Crippen LogP contribution in [0.1, 0.15) is 11.1 Å². The maximum Gasteiger partial charge on any atom is 0.336 e. The van der Waals surface area contributed by atoms with Crippen LogP contribution in [0.3, 0.4) is 0 Å². The van der Waals surface area contributed by atoms with E-state index >= 15 is 0 Å². The quantitative estimate of drug-likeness (QED) is 0.677. The smallest absolute Gasteiger partial charge is 0.336 e. The Balaban J connectivity index is 1.81. The molecule has 3 aromatic rings. The van der Waals surface area contributed by atoms with Gasteiger partial charge in [-0.2, -0.15) is 4.31 Å². The largest absolute Gasteiger partial charge is 0.423 e. The maximum absolute atomic E-state index is 13.4. The van der Waals surface area contributed by atoms with Gasteiger partial charge in [-0.25, -0.2) is 13.2 Å². The molecule has 1 unspecified atom stereocenters. The lowest BCUT2D eigenvalue weighted by molar-refractivity contribution is -0.124. The third kappa shape index (κ3) is 3.10. The number of nitrogens with zero attached hydrogens (tertiary/aromatic N) is 1. The fourth-order valence-electron chi connectivity index (χ4n) is 3.49. The van der Waals surface area contributed by atoms with Crippen molar-refractivity contribution >= 4 is 26.9 Å². The van der Waals surface area contributed by atoms with E-state index in [-0.39, 0.29) is 17.3 Å². The predicted molar refractivity (Wildman–Crippen MR) is 103 cm³/mol. The van der Waals surface area contributed by atoms with Crippen LogP contribution in [0.25, 0.3) is 11.0 Å². The number of amides is 1. The van der Waals surface area contributed by atoms with Crippen LogP contribution in [0, 0.1) is 0 Å². The summed E-state index contributed by atoms with van der Waals surface area (Å²) >= 11 is 0. The molecule has 1 atom stereocenters. The van der Waals surface area contributed by atoms with E-state index < -0.39 is 21.7 Å². The number of benzene rings is 2. The Hall–Kier alpha value is -2.97. The predicted octanol–water partition coefficient (Wildman–Crippen LogP) is 1.65. The number of nitrogens with one attached hydrogen (secondary N) is 1. The lowest BCUT2D eigenvalue weighted by atomic mass is 9.95. The van der Waals surface area contributed by atoms with Crippen LogP contribution in [0.4, 0.5) is 0 Å². The van der Waals surface area contributed by atoms with Gasteiger partial charge in [-0.3, -0.25) is 4.79 Å². The van der Waals surface area contributed by atoms with Crippen LogP contribution in [-0.4, -0.2) is 31.7 Å². The normalized spacial score (nSPS) is 17.2. The van der Waals surface area contributed by atoms with E-state index in [9.17, 15) is 18.0 Å². The summed E-state index contributed by atoms with van der Waals surface area (Å²) in [5.74, 6) is -0.357. The highest BCUT2D eigenvalue weighted by molar-refractivity contribution is 7.89. The summed E-state index contributed by atoms with van der Waals surface area (Å²) < 4.78 is 33.1. The third-order valence-electron chi connectivity index (χ3n) is 4.95. The summed E-state index contributed by atoms with van der Waals surface area (Å²) in [6.07, 6.45) is 0.303. The Bertz CT molecular complexity index is 1230. The van der Waals surface area contributed by atoms with Crippen molar-refractivity contribution in [3.8, 4) is 0 Å². The lowest BCUT2D eigenvalue weighted by Crippen LogP contribution is -2.51. The lowest BCUT2D eigenvalue weighted by Gasteiger charge is -2.34. The van der Waals surface area contributed by atoms with Crippen molar-refractivity contribution in [2.24, 2.45) is 0 Å². The minimum absolute atomic E-state index is 0.0436. The molecule has 0 aliphatic carbocycles. The number of sulfonamides is 1. The van der Waals surface area contributed by atoms with Gasteiger partial charge in [0.1, 0.15) is 11.6 Å². The molecule has 1 aromatic heterocycles. The number of carbonyl (C=O) groups is 1. The Kier molecular flexibility index (Phi) is 4.52. The monoisotopic (exact) mass is 398 g/mol. The fraction of sp³-hybridized carbons (Fsp3) is 0.200. The topological polar surface area (TPSA) is 96.7 Å². The Labute approximate surface area is 161 Å². The minimum Gasteiger partial charge on any atom is -0.423 e. The van der Waals surface area contributed by atoms with Crippen LogP contribution in [0.2, 0.25) is 0 Å². The molecule has 1 aliphatic heterocycles. The highest BCUT2D eigenvalue weighted by atomic mass is 32.2. The van der Waals surface area contributed by atoms with Gasteiger partial charge in [0.2, 0.25) is 15.9 Å². The number of carbonyl (C=O) groups excluding carboxylic acids is 1. The van der Waals surface area contributed by atoms with Crippen molar-refractivity contribution in [2.45, 2.75) is 23.9 Å². The van der Waals surface area contributed by atoms with Gasteiger partial charge in [0.25, 0.3) is 0 Å². The molecule has 0 fully saturated rings. The van der Waals surface area contributed by atoms with Crippen molar-refractivity contribution in [3.63, 3.8) is 0 Å². The molecule has 2 heterocycles. The molecule has 2 aromatic carbocycles. The van der Waals surface area contributed by atoms with Crippen molar-refractivity contribution in [2.75, 3.05) is 7.05 Å². The first-order chi connectivity index (χ1) is 13.4. The first-order valence-corrected chi connectivity index (χ1v) is 10.2. The molecule has 1 amide bonds. The van der Waals surface area contributed by atoms with Gasteiger partial charge in [-0.1, -0.05) is 24.3 Å². The molecule has 0 radical (unpaired) electrons. The average molecular weight is 398 g/mol. The van der Waals surface area contributed by atoms with Gasteiger partial charge in [-0.15, -0.1) is 0 Å². The van der Waals surface area contributed by atoms with Crippen molar-refractivity contribution in [1.82, 2.24) is 9.62 Å². The van der Waals surface area contributed by atoms with Gasteiger partial charge < -0.3 is 9.73 Å². The summed E-state index contributed by atoms with van der Waals surface area (Å²) in [6.45, 7) is 0.110. The summed E-state index contributed by atoms with van der Waals surface area (Å²) in [5.41, 5.74) is 1.63. The second-order valence-corrected chi connectivity index (χ2v) is 8.50. The Morgan fingerprint density at radius 2 is 1.86 bits per heavy atom. The van der Waals surface area contributed by atoms with Crippen LogP contribution >= 0.6 is 0 Å². The van der Waals surface area contributed by atoms with E-state index in [2.05, 4.69) is 5.32 Å². The summed E-state index contributed by atoms with van der Waals surface area (Å²) in [4.78, 5) is 23.8.